The average molecular weight is 302 g/mol. The van der Waals surface area contributed by atoms with Crippen LogP contribution in [0.1, 0.15) is 11.8 Å². The predicted octanol–water partition coefficient (Wildman–Crippen LogP) is 2.53. The minimum absolute atomic E-state index is 0.632. The molecule has 3 rings (SSSR count). The van der Waals surface area contributed by atoms with Crippen molar-refractivity contribution < 1.29 is 0 Å². The van der Waals surface area contributed by atoms with Gasteiger partial charge in [0.1, 0.15) is 5.82 Å². The summed E-state index contributed by atoms with van der Waals surface area (Å²) >= 11 is 1.79. The van der Waals surface area contributed by atoms with Gasteiger partial charge >= 0.3 is 0 Å². The minimum Gasteiger partial charge on any atom is -0.359 e. The zero-order valence-corrected chi connectivity index (χ0v) is 12.9. The van der Waals surface area contributed by atoms with Gasteiger partial charge in [-0.25, -0.2) is 0 Å². The van der Waals surface area contributed by atoms with E-state index in [1.807, 2.05) is 6.92 Å². The molecular formula is C14H18N6S. The van der Waals surface area contributed by atoms with Crippen LogP contribution in [-0.4, -0.2) is 40.3 Å². The van der Waals surface area contributed by atoms with Crippen LogP contribution in [0, 0.1) is 0 Å². The third-order valence-corrected chi connectivity index (χ3v) is 4.20. The van der Waals surface area contributed by atoms with E-state index >= 15 is 0 Å². The molecule has 3 heterocycles. The lowest BCUT2D eigenvalue weighted by Crippen LogP contribution is -2.22. The molecule has 110 valence electrons. The van der Waals surface area contributed by atoms with Crippen LogP contribution < -0.4 is 10.2 Å². The quantitative estimate of drug-likeness (QED) is 0.732. The van der Waals surface area contributed by atoms with Gasteiger partial charge in [0.15, 0.2) is 5.65 Å². The largest absolute Gasteiger partial charge is 0.359 e. The van der Waals surface area contributed by atoms with E-state index in [1.165, 1.54) is 4.88 Å². The van der Waals surface area contributed by atoms with Crippen molar-refractivity contribution in [2.45, 2.75) is 13.3 Å². The topological polar surface area (TPSA) is 69.7 Å². The molecule has 0 saturated carbocycles. The standard InChI is InChI=1S/C14H18N6S/c1-3-15-14-17-12-11(9-16-19-12)13(18-14)20(2)7-6-10-5-4-8-21-10/h4-5,8-9H,3,6-7H2,1-2H3,(H2,15,16,17,18,19). The van der Waals surface area contributed by atoms with Crippen LogP contribution in [0.2, 0.25) is 0 Å². The molecule has 0 aliphatic rings. The van der Waals surface area contributed by atoms with Crippen LogP contribution in [0.15, 0.2) is 23.7 Å². The Morgan fingerprint density at radius 3 is 3.05 bits per heavy atom. The maximum Gasteiger partial charge on any atom is 0.226 e. The van der Waals surface area contributed by atoms with Gasteiger partial charge < -0.3 is 10.2 Å². The predicted molar refractivity (Wildman–Crippen MR) is 87.1 cm³/mol. The number of H-pyrrole nitrogens is 1. The molecule has 3 aromatic heterocycles. The molecule has 0 aliphatic carbocycles. The summed E-state index contributed by atoms with van der Waals surface area (Å²) in [5.41, 5.74) is 0.763. The van der Waals surface area contributed by atoms with Crippen LogP contribution in [-0.2, 0) is 6.42 Å². The fourth-order valence-corrected chi connectivity index (χ4v) is 2.88. The average Bonchev–Trinajstić information content (AvgIpc) is 3.15. The summed E-state index contributed by atoms with van der Waals surface area (Å²) in [6, 6.07) is 4.25. The Labute approximate surface area is 127 Å². The molecule has 21 heavy (non-hydrogen) atoms. The van der Waals surface area contributed by atoms with E-state index in [-0.39, 0.29) is 0 Å². The summed E-state index contributed by atoms with van der Waals surface area (Å²) in [6.07, 6.45) is 2.79. The summed E-state index contributed by atoms with van der Waals surface area (Å²) in [5, 5.41) is 13.2. The van der Waals surface area contributed by atoms with Gasteiger partial charge in [0.2, 0.25) is 5.95 Å². The van der Waals surface area contributed by atoms with Gasteiger partial charge in [0, 0.05) is 25.0 Å². The molecule has 0 aromatic carbocycles. The molecule has 0 bridgehead atoms. The number of aromatic amines is 1. The van der Waals surface area contributed by atoms with Crippen molar-refractivity contribution in [2.75, 3.05) is 30.4 Å². The number of nitrogens with zero attached hydrogens (tertiary/aromatic N) is 4. The Morgan fingerprint density at radius 1 is 1.38 bits per heavy atom. The van der Waals surface area contributed by atoms with E-state index in [0.717, 1.165) is 36.4 Å². The third-order valence-electron chi connectivity index (χ3n) is 3.26. The van der Waals surface area contributed by atoms with Crippen molar-refractivity contribution in [1.29, 1.82) is 0 Å². The Hall–Kier alpha value is -2.15. The Morgan fingerprint density at radius 2 is 2.29 bits per heavy atom. The van der Waals surface area contributed by atoms with Crippen LogP contribution in [0.3, 0.4) is 0 Å². The van der Waals surface area contributed by atoms with Crippen molar-refractivity contribution in [3.8, 4) is 0 Å². The van der Waals surface area contributed by atoms with Crippen molar-refractivity contribution in [1.82, 2.24) is 20.2 Å². The first-order valence-corrected chi connectivity index (χ1v) is 7.84. The van der Waals surface area contributed by atoms with Crippen LogP contribution in [0.4, 0.5) is 11.8 Å². The molecule has 0 unspecified atom stereocenters. The Balaban J connectivity index is 1.85. The first-order valence-electron chi connectivity index (χ1n) is 6.96. The monoisotopic (exact) mass is 302 g/mol. The highest BCUT2D eigenvalue weighted by molar-refractivity contribution is 7.09. The highest BCUT2D eigenvalue weighted by Gasteiger charge is 2.13. The molecule has 3 aromatic rings. The molecule has 0 atom stereocenters. The zero-order chi connectivity index (χ0) is 14.7. The minimum atomic E-state index is 0.632. The summed E-state index contributed by atoms with van der Waals surface area (Å²) < 4.78 is 0. The zero-order valence-electron chi connectivity index (χ0n) is 12.1. The van der Waals surface area contributed by atoms with E-state index < -0.39 is 0 Å². The molecule has 6 nitrogen and oxygen atoms in total. The molecule has 0 radical (unpaired) electrons. The van der Waals surface area contributed by atoms with Gasteiger partial charge in [-0.15, -0.1) is 11.3 Å². The number of fused-ring (bicyclic) bond motifs is 1. The maximum absolute atomic E-state index is 4.61. The number of hydrogen-bond donors (Lipinski definition) is 2. The van der Waals surface area contributed by atoms with Gasteiger partial charge in [0.25, 0.3) is 0 Å². The number of thiophene rings is 1. The Bertz CT molecular complexity index is 705. The van der Waals surface area contributed by atoms with E-state index in [0.29, 0.717) is 5.95 Å². The molecule has 0 aliphatic heterocycles. The molecule has 0 amide bonds. The van der Waals surface area contributed by atoms with Gasteiger partial charge in [0.05, 0.1) is 11.6 Å². The normalized spacial score (nSPS) is 11.0. The first-order chi connectivity index (χ1) is 10.3. The highest BCUT2D eigenvalue weighted by atomic mass is 32.1. The number of anilines is 2. The van der Waals surface area contributed by atoms with Gasteiger partial charge in [-0.2, -0.15) is 15.1 Å². The SMILES string of the molecule is CCNc1nc(N(C)CCc2cccs2)c2cn[nH]c2n1. The lowest BCUT2D eigenvalue weighted by molar-refractivity contribution is 0.871. The summed E-state index contributed by atoms with van der Waals surface area (Å²) in [7, 11) is 2.05. The molecule has 2 N–H and O–H groups in total. The number of hydrogen-bond acceptors (Lipinski definition) is 6. The number of aromatic nitrogens is 4. The maximum atomic E-state index is 4.61. The van der Waals surface area contributed by atoms with Crippen molar-refractivity contribution >= 4 is 34.1 Å². The van der Waals surface area contributed by atoms with Crippen molar-refractivity contribution in [3.05, 3.63) is 28.6 Å². The lowest BCUT2D eigenvalue weighted by Gasteiger charge is -2.19. The molecule has 7 heteroatoms. The highest BCUT2D eigenvalue weighted by Crippen LogP contribution is 2.23. The Kier molecular flexibility index (Phi) is 4.01. The van der Waals surface area contributed by atoms with Crippen molar-refractivity contribution in [2.24, 2.45) is 0 Å². The fraction of sp³-hybridized carbons (Fsp3) is 0.357. The number of nitrogens with one attached hydrogen (secondary N) is 2. The van der Waals surface area contributed by atoms with E-state index in [9.17, 15) is 0 Å². The van der Waals surface area contributed by atoms with Crippen LogP contribution >= 0.6 is 11.3 Å². The second-order valence-corrected chi connectivity index (χ2v) is 5.82. The number of rotatable bonds is 6. The van der Waals surface area contributed by atoms with Crippen LogP contribution in [0.5, 0.6) is 0 Å². The van der Waals surface area contributed by atoms with Crippen molar-refractivity contribution in [3.63, 3.8) is 0 Å². The smallest absolute Gasteiger partial charge is 0.226 e. The number of likely N-dealkylation sites (N-methyl/N-ethyl adjacent to an activating group) is 1. The first kappa shape index (κ1) is 13.8. The van der Waals surface area contributed by atoms with Gasteiger partial charge in [-0.1, -0.05) is 6.07 Å². The molecular weight excluding hydrogens is 284 g/mol. The molecule has 0 spiro atoms. The van der Waals surface area contributed by atoms with E-state index in [2.05, 4.69) is 54.9 Å². The second-order valence-electron chi connectivity index (χ2n) is 4.78. The van der Waals surface area contributed by atoms with E-state index in [4.69, 9.17) is 0 Å². The van der Waals surface area contributed by atoms with Gasteiger partial charge in [-0.05, 0) is 24.8 Å². The molecule has 0 fully saturated rings. The summed E-state index contributed by atoms with van der Waals surface area (Å²) in [6.45, 7) is 3.72. The lowest BCUT2D eigenvalue weighted by atomic mass is 10.3. The molecule has 0 saturated heterocycles. The summed E-state index contributed by atoms with van der Waals surface area (Å²) in [4.78, 5) is 12.6. The van der Waals surface area contributed by atoms with Gasteiger partial charge in [-0.3, -0.25) is 5.10 Å². The van der Waals surface area contributed by atoms with Crippen LogP contribution in [0.25, 0.3) is 11.0 Å². The summed E-state index contributed by atoms with van der Waals surface area (Å²) in [5.74, 6) is 1.54. The van der Waals surface area contributed by atoms with E-state index in [1.54, 1.807) is 17.5 Å². The fourth-order valence-electron chi connectivity index (χ4n) is 2.19. The second kappa shape index (κ2) is 6.09. The third kappa shape index (κ3) is 2.97.